The van der Waals surface area contributed by atoms with E-state index in [-0.39, 0.29) is 12.5 Å². The van der Waals surface area contributed by atoms with Crippen LogP contribution in [0, 0.1) is 0 Å². The molecule has 0 heterocycles. The van der Waals surface area contributed by atoms with Gasteiger partial charge in [0.15, 0.2) is 0 Å². The molecule has 0 saturated carbocycles. The number of carbonyl (C=O) groups is 1. The lowest BCUT2D eigenvalue weighted by Crippen LogP contribution is -2.45. The number of aliphatic hydroxyl groups is 1. The van der Waals surface area contributed by atoms with Crippen LogP contribution < -0.4 is 10.2 Å². The van der Waals surface area contributed by atoms with E-state index in [2.05, 4.69) is 165 Å². The molecule has 0 aliphatic carbocycles. The van der Waals surface area contributed by atoms with Crippen LogP contribution in [-0.2, 0) is 18.4 Å². The van der Waals surface area contributed by atoms with Crippen LogP contribution in [0.4, 0.5) is 0 Å². The Hall–Kier alpha value is -3.88. The predicted octanol–water partition coefficient (Wildman–Crippen LogP) is 18.4. The van der Waals surface area contributed by atoms with Crippen molar-refractivity contribution in [2.75, 3.05) is 40.9 Å². The molecule has 8 nitrogen and oxygen atoms in total. The van der Waals surface area contributed by atoms with Crippen molar-refractivity contribution in [2.24, 2.45) is 0 Å². The van der Waals surface area contributed by atoms with Gasteiger partial charge in [0.25, 0.3) is 7.82 Å². The Morgan fingerprint density at radius 2 is 0.792 bits per heavy atom. The van der Waals surface area contributed by atoms with Crippen LogP contribution in [0.3, 0.4) is 0 Å². The van der Waals surface area contributed by atoms with E-state index in [1.165, 1.54) is 64.2 Å². The van der Waals surface area contributed by atoms with Crippen molar-refractivity contribution >= 4 is 13.7 Å². The monoisotopic (exact) mass is 1080 g/mol. The number of nitrogens with zero attached hydrogens (tertiary/aromatic N) is 1. The van der Waals surface area contributed by atoms with Gasteiger partial charge in [-0.05, 0) is 109 Å². The van der Waals surface area contributed by atoms with Gasteiger partial charge in [0.2, 0.25) is 5.91 Å². The molecule has 9 heteroatoms. The minimum Gasteiger partial charge on any atom is -0.756 e. The smallest absolute Gasteiger partial charge is 0.268 e. The van der Waals surface area contributed by atoms with Gasteiger partial charge in [-0.2, -0.15) is 0 Å². The first-order valence-electron chi connectivity index (χ1n) is 30.3. The molecule has 0 aromatic rings. The van der Waals surface area contributed by atoms with E-state index in [0.717, 1.165) is 128 Å². The predicted molar refractivity (Wildman–Crippen MR) is 334 cm³/mol. The molecule has 77 heavy (non-hydrogen) atoms. The summed E-state index contributed by atoms with van der Waals surface area (Å²) in [7, 11) is 1.22. The lowest BCUT2D eigenvalue weighted by Gasteiger charge is -2.29. The van der Waals surface area contributed by atoms with Crippen LogP contribution in [0.2, 0.25) is 0 Å². The highest BCUT2D eigenvalue weighted by molar-refractivity contribution is 7.45. The Labute approximate surface area is 473 Å². The topological polar surface area (TPSA) is 108 Å². The van der Waals surface area contributed by atoms with Crippen molar-refractivity contribution < 1.29 is 32.9 Å². The third-order valence-electron chi connectivity index (χ3n) is 12.5. The number of phosphoric acid groups is 1. The third kappa shape index (κ3) is 59.6. The molecule has 2 N–H and O–H groups in total. The van der Waals surface area contributed by atoms with Crippen molar-refractivity contribution in [1.29, 1.82) is 0 Å². The van der Waals surface area contributed by atoms with Crippen molar-refractivity contribution in [1.82, 2.24) is 5.32 Å². The third-order valence-corrected chi connectivity index (χ3v) is 13.5. The SMILES string of the molecule is CC/C=C\C/C=C\C/C=C\C/C=C\C/C=C\C/C=C\C/C=C\C/C=C\C/C=C\C/C=C\C/C=C\C/C=C\CCCCCCC(=O)NC(COP(=O)([O-])OCC[N+](C)(C)C)C(O)/C=C/CCCCCCCCCCCCCC. The van der Waals surface area contributed by atoms with Gasteiger partial charge in [-0.3, -0.25) is 9.36 Å². The molecule has 0 aromatic carbocycles. The summed E-state index contributed by atoms with van der Waals surface area (Å²) < 4.78 is 23.3. The second-order valence-corrected chi connectivity index (χ2v) is 22.4. The maximum atomic E-state index is 12.9. The van der Waals surface area contributed by atoms with Crippen LogP contribution in [-0.4, -0.2) is 68.5 Å². The molecule has 0 aromatic heterocycles. The van der Waals surface area contributed by atoms with Gasteiger partial charge in [0.05, 0.1) is 39.9 Å². The van der Waals surface area contributed by atoms with Crippen molar-refractivity contribution in [3.8, 4) is 0 Å². The highest BCUT2D eigenvalue weighted by Crippen LogP contribution is 2.38. The Bertz CT molecular complexity index is 1810. The van der Waals surface area contributed by atoms with Gasteiger partial charge in [0, 0.05) is 6.42 Å². The first-order valence-corrected chi connectivity index (χ1v) is 31.8. The highest BCUT2D eigenvalue weighted by Gasteiger charge is 2.23. The van der Waals surface area contributed by atoms with E-state index in [4.69, 9.17) is 9.05 Å². The van der Waals surface area contributed by atoms with Crippen molar-refractivity contribution in [2.45, 2.75) is 225 Å². The fourth-order valence-electron chi connectivity index (χ4n) is 7.78. The minimum absolute atomic E-state index is 0.0145. The molecular weight excluding hydrogens is 972 g/mol. The zero-order valence-corrected chi connectivity index (χ0v) is 50.5. The molecule has 0 spiro atoms. The number of quaternary nitrogens is 1. The number of amides is 1. The van der Waals surface area contributed by atoms with Crippen LogP contribution in [0.1, 0.15) is 213 Å². The fourth-order valence-corrected chi connectivity index (χ4v) is 8.50. The molecule has 3 unspecified atom stereocenters. The zero-order chi connectivity index (χ0) is 56.3. The van der Waals surface area contributed by atoms with E-state index >= 15 is 0 Å². The van der Waals surface area contributed by atoms with E-state index in [1.807, 2.05) is 27.2 Å². The molecule has 0 fully saturated rings. The summed E-state index contributed by atoms with van der Waals surface area (Å²) in [5.74, 6) is -0.229. The Morgan fingerprint density at radius 3 is 1.16 bits per heavy atom. The van der Waals surface area contributed by atoms with Gasteiger partial charge in [-0.15, -0.1) is 0 Å². The number of unbranched alkanes of at least 4 members (excludes halogenated alkanes) is 16. The summed E-state index contributed by atoms with van der Waals surface area (Å²) >= 11 is 0. The number of aliphatic hydroxyl groups excluding tert-OH is 1. The summed E-state index contributed by atoms with van der Waals surface area (Å²) in [6.07, 6.45) is 89.0. The normalized spacial score (nSPS) is 14.9. The van der Waals surface area contributed by atoms with Gasteiger partial charge in [0.1, 0.15) is 13.2 Å². The Morgan fingerprint density at radius 1 is 0.468 bits per heavy atom. The first kappa shape index (κ1) is 73.1. The highest BCUT2D eigenvalue weighted by atomic mass is 31.2. The Balaban J connectivity index is 4.20. The summed E-state index contributed by atoms with van der Waals surface area (Å²) in [5.41, 5.74) is 0. The largest absolute Gasteiger partial charge is 0.756 e. The van der Waals surface area contributed by atoms with E-state index < -0.39 is 26.6 Å². The average molecular weight is 1090 g/mol. The molecule has 3 atom stereocenters. The fraction of sp³-hybridized carbons (Fsp3) is 0.603. The van der Waals surface area contributed by atoms with Gasteiger partial charge in [-0.1, -0.05) is 255 Å². The van der Waals surface area contributed by atoms with Gasteiger partial charge >= 0.3 is 0 Å². The Kier molecular flexibility index (Phi) is 54.0. The van der Waals surface area contributed by atoms with Crippen molar-refractivity contribution in [3.63, 3.8) is 0 Å². The number of nitrogens with one attached hydrogen (secondary N) is 1. The zero-order valence-electron chi connectivity index (χ0n) is 49.6. The lowest BCUT2D eigenvalue weighted by atomic mass is 10.0. The van der Waals surface area contributed by atoms with Gasteiger partial charge < -0.3 is 28.8 Å². The quantitative estimate of drug-likeness (QED) is 0.0272. The summed E-state index contributed by atoms with van der Waals surface area (Å²) in [4.78, 5) is 25.5. The second kappa shape index (κ2) is 56.8. The van der Waals surface area contributed by atoms with Crippen molar-refractivity contribution in [3.05, 3.63) is 158 Å². The number of rotatable bonds is 53. The van der Waals surface area contributed by atoms with Crippen LogP contribution in [0.15, 0.2) is 158 Å². The molecule has 0 aliphatic rings. The molecule has 0 saturated heterocycles. The number of hydrogen-bond donors (Lipinski definition) is 2. The molecule has 0 bridgehead atoms. The molecule has 0 radical (unpaired) electrons. The van der Waals surface area contributed by atoms with E-state index in [9.17, 15) is 19.4 Å². The van der Waals surface area contributed by atoms with Crippen LogP contribution in [0.25, 0.3) is 0 Å². The maximum Gasteiger partial charge on any atom is 0.268 e. The number of phosphoric ester groups is 1. The standard InChI is InChI=1S/C68H113N2O6P/c1-6-8-10-12-14-16-18-20-22-23-24-25-26-27-28-29-30-31-32-33-34-35-36-37-38-39-40-41-42-43-44-45-46-47-48-50-52-54-56-58-60-62-68(72)69-66(65-76-77(73,74)75-64-63-70(3,4)5)67(71)61-59-57-55-53-51-49-21-19-17-15-13-11-9-7-2/h8,10,14,16,20,22,24-25,27-28,30-31,33-34,36-37,39-40,42-43,45-46,48,50,59,61,66-67,71H,6-7,9,11-13,15,17-19,21,23,26,29,32,35,38,41,44,47,49,51-58,60,62-65H2,1-5H3,(H-,69,72,73,74)/b10-8-,16-14-,22-20-,25-24-,28-27-,31-30-,34-33-,37-36-,40-39-,43-42-,46-45-,50-48-,61-59+. The number of carbonyl (C=O) groups excluding carboxylic acids is 1. The van der Waals surface area contributed by atoms with Gasteiger partial charge in [-0.25, -0.2) is 0 Å². The van der Waals surface area contributed by atoms with Crippen LogP contribution >= 0.6 is 7.82 Å². The number of hydrogen-bond acceptors (Lipinski definition) is 6. The van der Waals surface area contributed by atoms with Crippen LogP contribution in [0.5, 0.6) is 0 Å². The lowest BCUT2D eigenvalue weighted by molar-refractivity contribution is -0.870. The molecule has 436 valence electrons. The summed E-state index contributed by atoms with van der Waals surface area (Å²) in [5, 5.41) is 13.8. The number of likely N-dealkylation sites (N-methyl/N-ethyl adjacent to an activating group) is 1. The molecule has 0 aliphatic heterocycles. The maximum absolute atomic E-state index is 12.9. The second-order valence-electron chi connectivity index (χ2n) is 21.0. The summed E-state index contributed by atoms with van der Waals surface area (Å²) in [6, 6.07) is -0.911. The summed E-state index contributed by atoms with van der Waals surface area (Å²) in [6.45, 7) is 4.49. The average Bonchev–Trinajstić information content (AvgIpc) is 3.39. The molecule has 0 rings (SSSR count). The number of allylic oxidation sites excluding steroid dienone is 25. The molecular formula is C68H113N2O6P. The first-order chi connectivity index (χ1) is 37.5. The minimum atomic E-state index is -4.61. The van der Waals surface area contributed by atoms with E-state index in [1.54, 1.807) is 6.08 Å². The molecule has 1 amide bonds. The van der Waals surface area contributed by atoms with E-state index in [0.29, 0.717) is 17.4 Å².